The molecule has 31 heavy (non-hydrogen) atoms. The van der Waals surface area contributed by atoms with Crippen molar-refractivity contribution in [1.82, 2.24) is 5.16 Å². The molecule has 0 saturated heterocycles. The fraction of sp³-hybridized carbons (Fsp3) is 0.360. The van der Waals surface area contributed by atoms with Gasteiger partial charge in [0.1, 0.15) is 23.6 Å². The van der Waals surface area contributed by atoms with Crippen LogP contribution in [0.4, 0.5) is 0 Å². The minimum atomic E-state index is -0.969. The normalized spacial score (nSPS) is 10.8. The van der Waals surface area contributed by atoms with Crippen LogP contribution in [0.15, 0.2) is 53.1 Å². The Morgan fingerprint density at radius 1 is 0.871 bits per heavy atom. The highest BCUT2D eigenvalue weighted by Gasteiger charge is 2.21. The van der Waals surface area contributed by atoms with Gasteiger partial charge in [0, 0.05) is 5.56 Å². The number of carbonyl (C=O) groups is 1. The zero-order valence-corrected chi connectivity index (χ0v) is 18.1. The van der Waals surface area contributed by atoms with Gasteiger partial charge in [-0.25, -0.2) is 0 Å². The molecule has 164 valence electrons. The minimum Gasteiger partial charge on any atom is -0.494 e. The Hall–Kier alpha value is -3.28. The number of nitrogens with zero attached hydrogens (tertiary/aromatic N) is 1. The molecule has 0 spiro atoms. The summed E-state index contributed by atoms with van der Waals surface area (Å²) in [5.74, 6) is 0.929. The van der Waals surface area contributed by atoms with Crippen molar-refractivity contribution in [3.8, 4) is 33.9 Å². The van der Waals surface area contributed by atoms with Gasteiger partial charge >= 0.3 is 5.97 Å². The van der Waals surface area contributed by atoms with Gasteiger partial charge in [0.25, 0.3) is 0 Å². The summed E-state index contributed by atoms with van der Waals surface area (Å²) in [6.07, 6.45) is 3.91. The summed E-state index contributed by atoms with van der Waals surface area (Å²) in [6.45, 7) is 5.59. The van der Waals surface area contributed by atoms with Crippen molar-refractivity contribution in [2.45, 2.75) is 46.0 Å². The summed E-state index contributed by atoms with van der Waals surface area (Å²) in [7, 11) is 0. The Balaban J connectivity index is 1.88. The van der Waals surface area contributed by atoms with Crippen LogP contribution in [0.25, 0.3) is 22.4 Å². The predicted octanol–water partition coefficient (Wildman–Crippen LogP) is 5.99. The van der Waals surface area contributed by atoms with Gasteiger partial charge in [-0.15, -0.1) is 0 Å². The third-order valence-corrected chi connectivity index (χ3v) is 4.88. The van der Waals surface area contributed by atoms with Crippen LogP contribution in [0.2, 0.25) is 0 Å². The molecule has 2 aromatic carbocycles. The van der Waals surface area contributed by atoms with E-state index in [1.54, 1.807) is 0 Å². The van der Waals surface area contributed by atoms with Gasteiger partial charge in [-0.05, 0) is 54.8 Å². The lowest BCUT2D eigenvalue weighted by Crippen LogP contribution is -2.00. The highest BCUT2D eigenvalue weighted by Crippen LogP contribution is 2.36. The number of rotatable bonds is 12. The average molecular weight is 424 g/mol. The van der Waals surface area contributed by atoms with E-state index in [-0.39, 0.29) is 6.42 Å². The Morgan fingerprint density at radius 3 is 1.87 bits per heavy atom. The van der Waals surface area contributed by atoms with E-state index in [0.717, 1.165) is 48.3 Å². The molecular formula is C25H29NO5. The first kappa shape index (κ1) is 22.4. The summed E-state index contributed by atoms with van der Waals surface area (Å²) in [5, 5.41) is 13.5. The van der Waals surface area contributed by atoms with Crippen LogP contribution >= 0.6 is 0 Å². The molecule has 0 aliphatic heterocycles. The van der Waals surface area contributed by atoms with Gasteiger partial charge in [0.2, 0.25) is 0 Å². The Labute approximate surface area is 182 Å². The van der Waals surface area contributed by atoms with Crippen molar-refractivity contribution in [3.05, 3.63) is 54.3 Å². The highest BCUT2D eigenvalue weighted by atomic mass is 16.5. The topological polar surface area (TPSA) is 81.8 Å². The largest absolute Gasteiger partial charge is 0.494 e. The van der Waals surface area contributed by atoms with Crippen molar-refractivity contribution in [2.24, 2.45) is 0 Å². The molecule has 0 fully saturated rings. The highest BCUT2D eigenvalue weighted by molar-refractivity contribution is 5.85. The number of aromatic nitrogens is 1. The number of hydrogen-bond donors (Lipinski definition) is 1. The van der Waals surface area contributed by atoms with Crippen molar-refractivity contribution in [2.75, 3.05) is 13.2 Å². The summed E-state index contributed by atoms with van der Waals surface area (Å²) in [4.78, 5) is 11.3. The number of carboxylic acids is 1. The number of ether oxygens (including phenoxy) is 2. The molecule has 0 unspecified atom stereocenters. The number of benzene rings is 2. The minimum absolute atomic E-state index is 0.241. The fourth-order valence-corrected chi connectivity index (χ4v) is 3.17. The standard InChI is InChI=1S/C25H29NO5/c1-3-5-15-29-20-11-7-18(8-12-20)24-22(17-23(27)28)31-26-25(24)19-9-13-21(14-10-19)30-16-6-4-2/h7-14H,3-6,15-17H2,1-2H3,(H,27,28). The monoisotopic (exact) mass is 423 g/mol. The Bertz CT molecular complexity index is 961. The van der Waals surface area contributed by atoms with E-state index in [2.05, 4.69) is 19.0 Å². The molecule has 1 aromatic heterocycles. The van der Waals surface area contributed by atoms with Crippen LogP contribution in [0.1, 0.15) is 45.3 Å². The Kier molecular flexibility index (Phi) is 8.10. The first-order valence-corrected chi connectivity index (χ1v) is 10.8. The zero-order valence-electron chi connectivity index (χ0n) is 18.1. The first-order chi connectivity index (χ1) is 15.1. The van der Waals surface area contributed by atoms with E-state index in [4.69, 9.17) is 14.0 Å². The number of unbranched alkanes of at least 4 members (excludes halogenated alkanes) is 2. The van der Waals surface area contributed by atoms with Crippen LogP contribution < -0.4 is 9.47 Å². The fourth-order valence-electron chi connectivity index (χ4n) is 3.17. The molecular weight excluding hydrogens is 394 g/mol. The van der Waals surface area contributed by atoms with Crippen LogP contribution in [-0.4, -0.2) is 29.4 Å². The molecule has 0 atom stereocenters. The van der Waals surface area contributed by atoms with Crippen LogP contribution in [0, 0.1) is 0 Å². The van der Waals surface area contributed by atoms with E-state index in [1.165, 1.54) is 0 Å². The van der Waals surface area contributed by atoms with Crippen LogP contribution in [-0.2, 0) is 11.2 Å². The maximum absolute atomic E-state index is 11.3. The number of hydrogen-bond acceptors (Lipinski definition) is 5. The maximum atomic E-state index is 11.3. The second-order valence-corrected chi connectivity index (χ2v) is 7.35. The van der Waals surface area contributed by atoms with Crippen molar-refractivity contribution in [1.29, 1.82) is 0 Å². The van der Waals surface area contributed by atoms with E-state index >= 15 is 0 Å². The molecule has 3 rings (SSSR count). The molecule has 0 amide bonds. The van der Waals surface area contributed by atoms with E-state index in [0.29, 0.717) is 30.2 Å². The van der Waals surface area contributed by atoms with Gasteiger partial charge in [0.05, 0.1) is 18.8 Å². The molecule has 6 heteroatoms. The molecule has 0 saturated carbocycles. The lowest BCUT2D eigenvalue weighted by atomic mass is 9.98. The second-order valence-electron chi connectivity index (χ2n) is 7.35. The van der Waals surface area contributed by atoms with E-state index < -0.39 is 5.97 Å². The summed E-state index contributed by atoms with van der Waals surface area (Å²) < 4.78 is 16.9. The van der Waals surface area contributed by atoms with E-state index in [1.807, 2.05) is 48.5 Å². The molecule has 0 aliphatic rings. The Morgan fingerprint density at radius 2 is 1.39 bits per heavy atom. The van der Waals surface area contributed by atoms with Crippen molar-refractivity contribution >= 4 is 5.97 Å². The first-order valence-electron chi connectivity index (χ1n) is 10.8. The summed E-state index contributed by atoms with van der Waals surface area (Å²) >= 11 is 0. The second kappa shape index (κ2) is 11.2. The van der Waals surface area contributed by atoms with Crippen molar-refractivity contribution < 1.29 is 23.9 Å². The number of carboxylic acid groups (broad SMARTS) is 1. The third kappa shape index (κ3) is 6.10. The quantitative estimate of drug-likeness (QED) is 0.360. The molecule has 0 bridgehead atoms. The molecule has 3 aromatic rings. The van der Waals surface area contributed by atoms with Crippen molar-refractivity contribution in [3.63, 3.8) is 0 Å². The molecule has 0 aliphatic carbocycles. The summed E-state index contributed by atoms with van der Waals surface area (Å²) in [5.41, 5.74) is 2.96. The van der Waals surface area contributed by atoms with Gasteiger partial charge in [-0.3, -0.25) is 4.79 Å². The smallest absolute Gasteiger partial charge is 0.311 e. The third-order valence-electron chi connectivity index (χ3n) is 4.88. The lowest BCUT2D eigenvalue weighted by molar-refractivity contribution is -0.136. The SMILES string of the molecule is CCCCOc1ccc(-c2noc(CC(=O)O)c2-c2ccc(OCCCC)cc2)cc1. The maximum Gasteiger partial charge on any atom is 0.311 e. The van der Waals surface area contributed by atoms with Gasteiger partial charge < -0.3 is 19.1 Å². The van der Waals surface area contributed by atoms with Gasteiger partial charge in [-0.2, -0.15) is 0 Å². The molecule has 1 heterocycles. The average Bonchev–Trinajstić information content (AvgIpc) is 3.18. The zero-order chi connectivity index (χ0) is 22.1. The molecule has 0 radical (unpaired) electrons. The molecule has 1 N–H and O–H groups in total. The predicted molar refractivity (Wildman–Crippen MR) is 120 cm³/mol. The van der Waals surface area contributed by atoms with E-state index in [9.17, 15) is 9.90 Å². The van der Waals surface area contributed by atoms with Crippen LogP contribution in [0.3, 0.4) is 0 Å². The van der Waals surface area contributed by atoms with Crippen LogP contribution in [0.5, 0.6) is 11.5 Å². The lowest BCUT2D eigenvalue weighted by Gasteiger charge is -2.09. The number of aliphatic carboxylic acids is 1. The molecule has 6 nitrogen and oxygen atoms in total. The van der Waals surface area contributed by atoms with Gasteiger partial charge in [0.15, 0.2) is 5.76 Å². The summed E-state index contributed by atoms with van der Waals surface area (Å²) in [6, 6.07) is 15.2. The van der Waals surface area contributed by atoms with Gasteiger partial charge in [-0.1, -0.05) is 44.0 Å².